The van der Waals surface area contributed by atoms with Gasteiger partial charge in [-0.25, -0.2) is 15.0 Å². The highest BCUT2D eigenvalue weighted by Gasteiger charge is 2.20. The predicted molar refractivity (Wildman–Crippen MR) is 78.0 cm³/mol. The van der Waals surface area contributed by atoms with E-state index in [2.05, 4.69) is 24.8 Å². The Morgan fingerprint density at radius 3 is 2.21 bits per heavy atom. The molecule has 19 heavy (non-hydrogen) atoms. The first-order valence-electron chi connectivity index (χ1n) is 6.44. The normalized spacial score (nSPS) is 15.9. The van der Waals surface area contributed by atoms with Gasteiger partial charge in [-0.3, -0.25) is 0 Å². The molecule has 0 bridgehead atoms. The SMILES string of the molecule is Cc1cc(C)nc(N2CCN(c3nccs3)CC2)n1. The zero-order chi connectivity index (χ0) is 13.2. The fourth-order valence-corrected chi connectivity index (χ4v) is 3.02. The van der Waals surface area contributed by atoms with Gasteiger partial charge < -0.3 is 9.80 Å². The van der Waals surface area contributed by atoms with Crippen LogP contribution in [-0.4, -0.2) is 41.1 Å². The van der Waals surface area contributed by atoms with Crippen molar-refractivity contribution in [2.24, 2.45) is 0 Å². The van der Waals surface area contributed by atoms with E-state index in [-0.39, 0.29) is 0 Å². The molecule has 3 rings (SSSR count). The summed E-state index contributed by atoms with van der Waals surface area (Å²) in [5.74, 6) is 0.858. The molecule has 2 aromatic heterocycles. The molecule has 0 aromatic carbocycles. The molecule has 0 unspecified atom stereocenters. The highest BCUT2D eigenvalue weighted by Crippen LogP contribution is 2.20. The molecule has 6 heteroatoms. The van der Waals surface area contributed by atoms with Crippen molar-refractivity contribution in [3.63, 3.8) is 0 Å². The molecule has 0 spiro atoms. The molecule has 0 amide bonds. The van der Waals surface area contributed by atoms with Gasteiger partial charge in [0.15, 0.2) is 5.13 Å². The minimum Gasteiger partial charge on any atom is -0.345 e. The highest BCUT2D eigenvalue weighted by molar-refractivity contribution is 7.13. The Kier molecular flexibility index (Phi) is 3.33. The van der Waals surface area contributed by atoms with E-state index in [4.69, 9.17) is 0 Å². The molecule has 1 aliphatic rings. The largest absolute Gasteiger partial charge is 0.345 e. The van der Waals surface area contributed by atoms with Crippen molar-refractivity contribution < 1.29 is 0 Å². The molecular formula is C13H17N5S. The third-order valence-electron chi connectivity index (χ3n) is 3.22. The number of anilines is 2. The van der Waals surface area contributed by atoms with E-state index in [1.165, 1.54) is 0 Å². The van der Waals surface area contributed by atoms with E-state index < -0.39 is 0 Å². The number of aromatic nitrogens is 3. The summed E-state index contributed by atoms with van der Waals surface area (Å²) >= 11 is 1.70. The minimum atomic E-state index is 0.858. The molecule has 0 aliphatic carbocycles. The third-order valence-corrected chi connectivity index (χ3v) is 4.06. The zero-order valence-corrected chi connectivity index (χ0v) is 12.0. The Labute approximate surface area is 116 Å². The van der Waals surface area contributed by atoms with Gasteiger partial charge in [-0.2, -0.15) is 0 Å². The standard InChI is InChI=1S/C13H17N5S/c1-10-9-11(2)16-12(15-10)17-4-6-18(7-5-17)13-14-3-8-19-13/h3,8-9H,4-7H2,1-2H3. The maximum absolute atomic E-state index is 4.53. The third kappa shape index (κ3) is 2.68. The maximum atomic E-state index is 4.53. The Morgan fingerprint density at radius 1 is 1.00 bits per heavy atom. The van der Waals surface area contributed by atoms with Gasteiger partial charge in [0.2, 0.25) is 5.95 Å². The second kappa shape index (κ2) is 5.13. The summed E-state index contributed by atoms with van der Waals surface area (Å²) in [6, 6.07) is 2.01. The smallest absolute Gasteiger partial charge is 0.225 e. The molecule has 1 saturated heterocycles. The van der Waals surface area contributed by atoms with Crippen molar-refractivity contribution >= 4 is 22.4 Å². The monoisotopic (exact) mass is 275 g/mol. The average Bonchev–Trinajstić information content (AvgIpc) is 2.91. The number of hydrogen-bond acceptors (Lipinski definition) is 6. The van der Waals surface area contributed by atoms with Crippen LogP contribution in [0, 0.1) is 13.8 Å². The van der Waals surface area contributed by atoms with E-state index in [1.54, 1.807) is 11.3 Å². The van der Waals surface area contributed by atoms with Crippen LogP contribution in [0.15, 0.2) is 17.6 Å². The second-order valence-electron chi connectivity index (χ2n) is 4.74. The molecule has 0 atom stereocenters. The van der Waals surface area contributed by atoms with Gasteiger partial charge >= 0.3 is 0 Å². The maximum Gasteiger partial charge on any atom is 0.225 e. The molecule has 100 valence electrons. The molecule has 1 aliphatic heterocycles. The lowest BCUT2D eigenvalue weighted by molar-refractivity contribution is 0.637. The molecule has 0 radical (unpaired) electrons. The highest BCUT2D eigenvalue weighted by atomic mass is 32.1. The first kappa shape index (κ1) is 12.3. The van der Waals surface area contributed by atoms with E-state index >= 15 is 0 Å². The topological polar surface area (TPSA) is 45.2 Å². The van der Waals surface area contributed by atoms with Crippen molar-refractivity contribution in [2.45, 2.75) is 13.8 Å². The van der Waals surface area contributed by atoms with Gasteiger partial charge in [0, 0.05) is 49.1 Å². The van der Waals surface area contributed by atoms with Gasteiger partial charge in [0.25, 0.3) is 0 Å². The van der Waals surface area contributed by atoms with Crippen LogP contribution in [0.1, 0.15) is 11.4 Å². The first-order valence-corrected chi connectivity index (χ1v) is 7.32. The number of hydrogen-bond donors (Lipinski definition) is 0. The number of aryl methyl sites for hydroxylation is 2. The van der Waals surface area contributed by atoms with Gasteiger partial charge in [0.1, 0.15) is 0 Å². The van der Waals surface area contributed by atoms with E-state index in [1.807, 2.05) is 31.5 Å². The Balaban J connectivity index is 1.70. The molecule has 0 saturated carbocycles. The number of piperazine rings is 1. The lowest BCUT2D eigenvalue weighted by Crippen LogP contribution is -2.47. The Morgan fingerprint density at radius 2 is 1.63 bits per heavy atom. The first-order chi connectivity index (χ1) is 9.22. The van der Waals surface area contributed by atoms with E-state index in [0.29, 0.717) is 0 Å². The number of nitrogens with zero attached hydrogens (tertiary/aromatic N) is 5. The fraction of sp³-hybridized carbons (Fsp3) is 0.462. The quantitative estimate of drug-likeness (QED) is 0.837. The summed E-state index contributed by atoms with van der Waals surface area (Å²) in [6.45, 7) is 7.88. The van der Waals surface area contributed by atoms with Crippen LogP contribution in [0.4, 0.5) is 11.1 Å². The number of thiazole rings is 1. The van der Waals surface area contributed by atoms with Gasteiger partial charge in [-0.15, -0.1) is 11.3 Å². The van der Waals surface area contributed by atoms with Crippen LogP contribution in [-0.2, 0) is 0 Å². The minimum absolute atomic E-state index is 0.858. The van der Waals surface area contributed by atoms with Crippen LogP contribution < -0.4 is 9.80 Å². The summed E-state index contributed by atoms with van der Waals surface area (Å²) < 4.78 is 0. The lowest BCUT2D eigenvalue weighted by Gasteiger charge is -2.34. The molecule has 0 N–H and O–H groups in total. The lowest BCUT2D eigenvalue weighted by atomic mass is 10.3. The molecule has 5 nitrogen and oxygen atoms in total. The predicted octanol–water partition coefficient (Wildman–Crippen LogP) is 1.88. The van der Waals surface area contributed by atoms with Crippen LogP contribution in [0.5, 0.6) is 0 Å². The van der Waals surface area contributed by atoms with Crippen LogP contribution in [0.25, 0.3) is 0 Å². The van der Waals surface area contributed by atoms with Gasteiger partial charge in [0.05, 0.1) is 0 Å². The second-order valence-corrected chi connectivity index (χ2v) is 5.61. The molecular weight excluding hydrogens is 258 g/mol. The van der Waals surface area contributed by atoms with Crippen molar-refractivity contribution in [2.75, 3.05) is 36.0 Å². The summed E-state index contributed by atoms with van der Waals surface area (Å²) in [5.41, 5.74) is 2.06. The van der Waals surface area contributed by atoms with Crippen LogP contribution >= 0.6 is 11.3 Å². The Bertz CT molecular complexity index is 526. The van der Waals surface area contributed by atoms with Crippen molar-refractivity contribution in [1.82, 2.24) is 15.0 Å². The van der Waals surface area contributed by atoms with E-state index in [0.717, 1.165) is 48.6 Å². The average molecular weight is 275 g/mol. The van der Waals surface area contributed by atoms with Gasteiger partial charge in [-0.05, 0) is 19.9 Å². The summed E-state index contributed by atoms with van der Waals surface area (Å²) in [4.78, 5) is 18.0. The number of rotatable bonds is 2. The summed E-state index contributed by atoms with van der Waals surface area (Å²) in [5, 5.41) is 3.13. The summed E-state index contributed by atoms with van der Waals surface area (Å²) in [6.07, 6.45) is 1.86. The van der Waals surface area contributed by atoms with Crippen LogP contribution in [0.3, 0.4) is 0 Å². The molecule has 1 fully saturated rings. The Hall–Kier alpha value is -1.69. The summed E-state index contributed by atoms with van der Waals surface area (Å²) in [7, 11) is 0. The van der Waals surface area contributed by atoms with Gasteiger partial charge in [-0.1, -0.05) is 0 Å². The molecule has 2 aromatic rings. The van der Waals surface area contributed by atoms with Crippen molar-refractivity contribution in [1.29, 1.82) is 0 Å². The fourth-order valence-electron chi connectivity index (χ4n) is 2.32. The van der Waals surface area contributed by atoms with Crippen molar-refractivity contribution in [3.8, 4) is 0 Å². The van der Waals surface area contributed by atoms with Crippen molar-refractivity contribution in [3.05, 3.63) is 29.0 Å². The van der Waals surface area contributed by atoms with E-state index in [9.17, 15) is 0 Å². The zero-order valence-electron chi connectivity index (χ0n) is 11.2. The van der Waals surface area contributed by atoms with Crippen LogP contribution in [0.2, 0.25) is 0 Å². The molecule has 3 heterocycles.